The summed E-state index contributed by atoms with van der Waals surface area (Å²) in [6.45, 7) is 1.40. The quantitative estimate of drug-likeness (QED) is 0.732. The molecule has 100 valence electrons. The van der Waals surface area contributed by atoms with Crippen molar-refractivity contribution < 1.29 is 9.59 Å². The number of fused-ring (bicyclic) bond motifs is 1. The maximum absolute atomic E-state index is 12.3. The fourth-order valence-electron chi connectivity index (χ4n) is 3.27. The number of amides is 2. The molecule has 3 aliphatic rings. The number of nitrogens with one attached hydrogen (secondary N) is 1. The van der Waals surface area contributed by atoms with E-state index in [0.29, 0.717) is 18.9 Å². The lowest BCUT2D eigenvalue weighted by molar-refractivity contribution is -0.137. The third kappa shape index (κ3) is 2.11. The number of nitrogens with zero attached hydrogens (tertiary/aromatic N) is 1. The molecule has 0 spiro atoms. The van der Waals surface area contributed by atoms with Gasteiger partial charge in [-0.2, -0.15) is 0 Å². The highest BCUT2D eigenvalue weighted by molar-refractivity contribution is 5.84. The summed E-state index contributed by atoms with van der Waals surface area (Å²) in [6, 6.07) is 0.0908. The van der Waals surface area contributed by atoms with Gasteiger partial charge in [0, 0.05) is 25.6 Å². The monoisotopic (exact) mass is 251 g/mol. The second-order valence-corrected chi connectivity index (χ2v) is 5.85. The van der Waals surface area contributed by atoms with Gasteiger partial charge in [-0.1, -0.05) is 0 Å². The summed E-state index contributed by atoms with van der Waals surface area (Å²) in [4.78, 5) is 25.8. The van der Waals surface area contributed by atoms with E-state index in [4.69, 9.17) is 5.73 Å². The molecule has 2 amide bonds. The van der Waals surface area contributed by atoms with Gasteiger partial charge in [0.15, 0.2) is 0 Å². The van der Waals surface area contributed by atoms with Crippen LogP contribution in [0.5, 0.6) is 0 Å². The zero-order chi connectivity index (χ0) is 12.7. The van der Waals surface area contributed by atoms with Crippen LogP contribution in [-0.2, 0) is 9.59 Å². The van der Waals surface area contributed by atoms with Gasteiger partial charge >= 0.3 is 0 Å². The summed E-state index contributed by atoms with van der Waals surface area (Å²) in [5.41, 5.74) is 6.02. The molecule has 0 aromatic heterocycles. The Morgan fingerprint density at radius 1 is 1.44 bits per heavy atom. The first-order chi connectivity index (χ1) is 8.66. The molecular weight excluding hydrogens is 230 g/mol. The van der Waals surface area contributed by atoms with Crippen molar-refractivity contribution in [3.63, 3.8) is 0 Å². The average molecular weight is 251 g/mol. The molecule has 3 fully saturated rings. The number of hydrogen-bond donors (Lipinski definition) is 2. The summed E-state index contributed by atoms with van der Waals surface area (Å²) >= 11 is 0. The molecule has 1 aliphatic carbocycles. The standard InChI is InChI=1S/C13H21N3O2/c14-10(8-3-4-8)6-12(17)16-5-1-2-9-11(16)7-15-13(9)18/h8-11H,1-7,14H2,(H,15,18). The number of carbonyl (C=O) groups excluding carboxylic acids is 2. The van der Waals surface area contributed by atoms with Crippen LogP contribution in [0.2, 0.25) is 0 Å². The molecule has 2 saturated heterocycles. The molecule has 3 N–H and O–H groups in total. The van der Waals surface area contributed by atoms with Crippen molar-refractivity contribution in [2.24, 2.45) is 17.6 Å². The van der Waals surface area contributed by atoms with Gasteiger partial charge in [0.25, 0.3) is 0 Å². The van der Waals surface area contributed by atoms with Gasteiger partial charge in [-0.25, -0.2) is 0 Å². The Kier molecular flexibility index (Phi) is 3.01. The maximum atomic E-state index is 12.3. The van der Waals surface area contributed by atoms with Gasteiger partial charge in [-0.05, 0) is 31.6 Å². The predicted molar refractivity (Wildman–Crippen MR) is 66.6 cm³/mol. The van der Waals surface area contributed by atoms with Crippen LogP contribution in [0.1, 0.15) is 32.1 Å². The maximum Gasteiger partial charge on any atom is 0.225 e. The normalized spacial score (nSPS) is 32.9. The van der Waals surface area contributed by atoms with E-state index in [1.54, 1.807) is 0 Å². The van der Waals surface area contributed by atoms with Crippen molar-refractivity contribution in [2.75, 3.05) is 13.1 Å². The Labute approximate surface area is 107 Å². The summed E-state index contributed by atoms with van der Waals surface area (Å²) in [5, 5.41) is 2.87. The topological polar surface area (TPSA) is 75.4 Å². The van der Waals surface area contributed by atoms with Crippen LogP contribution in [0.25, 0.3) is 0 Å². The summed E-state index contributed by atoms with van der Waals surface area (Å²) in [7, 11) is 0. The second kappa shape index (κ2) is 4.53. The Morgan fingerprint density at radius 3 is 2.94 bits per heavy atom. The molecule has 0 aromatic rings. The van der Waals surface area contributed by atoms with Crippen molar-refractivity contribution >= 4 is 11.8 Å². The molecule has 3 unspecified atom stereocenters. The third-order valence-corrected chi connectivity index (χ3v) is 4.56. The lowest BCUT2D eigenvalue weighted by Crippen LogP contribution is -2.50. The molecular formula is C13H21N3O2. The fourth-order valence-corrected chi connectivity index (χ4v) is 3.27. The molecule has 0 bridgehead atoms. The molecule has 3 atom stereocenters. The molecule has 0 radical (unpaired) electrons. The minimum absolute atomic E-state index is 0.0137. The fraction of sp³-hybridized carbons (Fsp3) is 0.846. The van der Waals surface area contributed by atoms with Gasteiger partial charge in [-0.3, -0.25) is 9.59 Å². The third-order valence-electron chi connectivity index (χ3n) is 4.56. The summed E-state index contributed by atoms with van der Waals surface area (Å²) < 4.78 is 0. The van der Waals surface area contributed by atoms with Gasteiger partial charge < -0.3 is 16.0 Å². The van der Waals surface area contributed by atoms with Crippen LogP contribution in [0, 0.1) is 11.8 Å². The number of rotatable bonds is 3. The van der Waals surface area contributed by atoms with Crippen molar-refractivity contribution in [2.45, 2.75) is 44.2 Å². The minimum atomic E-state index is 0.0137. The van der Waals surface area contributed by atoms with Crippen LogP contribution in [0.3, 0.4) is 0 Å². The van der Waals surface area contributed by atoms with E-state index in [1.165, 1.54) is 12.8 Å². The average Bonchev–Trinajstić information content (AvgIpc) is 3.14. The summed E-state index contributed by atoms with van der Waals surface area (Å²) in [5.74, 6) is 0.822. The van der Waals surface area contributed by atoms with Crippen LogP contribution < -0.4 is 11.1 Å². The zero-order valence-electron chi connectivity index (χ0n) is 10.6. The first-order valence-corrected chi connectivity index (χ1v) is 6.99. The van der Waals surface area contributed by atoms with Crippen molar-refractivity contribution in [3.8, 4) is 0 Å². The smallest absolute Gasteiger partial charge is 0.225 e. The zero-order valence-corrected chi connectivity index (χ0v) is 10.6. The van der Waals surface area contributed by atoms with Crippen LogP contribution in [0.15, 0.2) is 0 Å². The number of likely N-dealkylation sites (tertiary alicyclic amines) is 1. The molecule has 0 aromatic carbocycles. The molecule has 2 heterocycles. The number of carbonyl (C=O) groups is 2. The van der Waals surface area contributed by atoms with Crippen molar-refractivity contribution in [1.29, 1.82) is 0 Å². The van der Waals surface area contributed by atoms with Gasteiger partial charge in [-0.15, -0.1) is 0 Å². The van der Waals surface area contributed by atoms with Crippen LogP contribution >= 0.6 is 0 Å². The number of nitrogens with two attached hydrogens (primary N) is 1. The lowest BCUT2D eigenvalue weighted by Gasteiger charge is -2.36. The second-order valence-electron chi connectivity index (χ2n) is 5.85. The van der Waals surface area contributed by atoms with Gasteiger partial charge in [0.1, 0.15) is 0 Å². The van der Waals surface area contributed by atoms with E-state index in [1.807, 2.05) is 4.90 Å². The van der Waals surface area contributed by atoms with Gasteiger partial charge in [0.2, 0.25) is 11.8 Å². The Morgan fingerprint density at radius 2 is 2.22 bits per heavy atom. The Bertz CT molecular complexity index is 367. The Hall–Kier alpha value is -1.10. The lowest BCUT2D eigenvalue weighted by atomic mass is 9.91. The predicted octanol–water partition coefficient (Wildman–Crippen LogP) is -0.149. The van der Waals surface area contributed by atoms with Gasteiger partial charge in [0.05, 0.1) is 12.0 Å². The van der Waals surface area contributed by atoms with Crippen LogP contribution in [-0.4, -0.2) is 41.9 Å². The van der Waals surface area contributed by atoms with E-state index in [-0.39, 0.29) is 29.8 Å². The first-order valence-electron chi connectivity index (χ1n) is 6.99. The molecule has 18 heavy (non-hydrogen) atoms. The minimum Gasteiger partial charge on any atom is -0.354 e. The van der Waals surface area contributed by atoms with Crippen molar-refractivity contribution in [1.82, 2.24) is 10.2 Å². The van der Waals surface area contributed by atoms with Crippen molar-refractivity contribution in [3.05, 3.63) is 0 Å². The number of hydrogen-bond acceptors (Lipinski definition) is 3. The highest BCUT2D eigenvalue weighted by Crippen LogP contribution is 2.34. The Balaban J connectivity index is 1.63. The molecule has 5 nitrogen and oxygen atoms in total. The van der Waals surface area contributed by atoms with E-state index < -0.39 is 0 Å². The highest BCUT2D eigenvalue weighted by atomic mass is 16.2. The molecule has 2 aliphatic heterocycles. The SMILES string of the molecule is NC(CC(=O)N1CCCC2C(=O)NCC21)C1CC1. The highest BCUT2D eigenvalue weighted by Gasteiger charge is 2.43. The van der Waals surface area contributed by atoms with E-state index in [0.717, 1.165) is 19.4 Å². The van der Waals surface area contributed by atoms with E-state index in [2.05, 4.69) is 5.32 Å². The largest absolute Gasteiger partial charge is 0.354 e. The van der Waals surface area contributed by atoms with Crippen LogP contribution in [0.4, 0.5) is 0 Å². The molecule has 1 saturated carbocycles. The first kappa shape index (κ1) is 12.0. The van der Waals surface area contributed by atoms with E-state index in [9.17, 15) is 9.59 Å². The van der Waals surface area contributed by atoms with E-state index >= 15 is 0 Å². The molecule has 3 rings (SSSR count). The number of piperidine rings is 1. The summed E-state index contributed by atoms with van der Waals surface area (Å²) in [6.07, 6.45) is 4.62. The molecule has 5 heteroatoms.